The van der Waals surface area contributed by atoms with Crippen molar-refractivity contribution in [2.24, 2.45) is 4.99 Å². The fourth-order valence-electron chi connectivity index (χ4n) is 3.46. The number of hydrogen-bond donors (Lipinski definition) is 1. The molecule has 1 heterocycles. The first-order valence-corrected chi connectivity index (χ1v) is 11.9. The normalized spacial score (nSPS) is 22.6. The quantitative estimate of drug-likeness (QED) is 0.514. The Morgan fingerprint density at radius 3 is 2.67 bits per heavy atom. The van der Waals surface area contributed by atoms with Crippen molar-refractivity contribution < 1.29 is 14.3 Å². The van der Waals surface area contributed by atoms with Gasteiger partial charge in [-0.15, -0.1) is 0 Å². The van der Waals surface area contributed by atoms with Crippen LogP contribution < -0.4 is 5.32 Å². The third kappa shape index (κ3) is 6.03. The van der Waals surface area contributed by atoms with Crippen LogP contribution in [-0.2, 0) is 27.3 Å². The van der Waals surface area contributed by atoms with Crippen molar-refractivity contribution in [3.05, 3.63) is 99.5 Å². The van der Waals surface area contributed by atoms with Gasteiger partial charge in [0.2, 0.25) is 0 Å². The number of ether oxygens (including phenoxy) is 2. The first kappa shape index (κ1) is 23.5. The molecule has 2 aliphatic rings. The Labute approximate surface area is 203 Å². The van der Waals surface area contributed by atoms with Gasteiger partial charge in [0.25, 0.3) is 5.91 Å². The molecule has 0 saturated carbocycles. The molecular weight excluding hydrogens is 456 g/mol. The number of carbonyl (C=O) groups is 1. The van der Waals surface area contributed by atoms with Gasteiger partial charge >= 0.3 is 0 Å². The lowest BCUT2D eigenvalue weighted by molar-refractivity contribution is -0.115. The molecule has 0 bridgehead atoms. The SMILES string of the molecule is CCc1ccc(N=C2NC(=O)/C(=C/C3=C[C@H](OC)[C@H](OCc4ccccc4Cl)C=C3)S2)cc1. The zero-order chi connectivity index (χ0) is 23.2. The summed E-state index contributed by atoms with van der Waals surface area (Å²) in [5.41, 5.74) is 3.87. The van der Waals surface area contributed by atoms with E-state index in [1.165, 1.54) is 17.3 Å². The summed E-state index contributed by atoms with van der Waals surface area (Å²) in [6.45, 7) is 2.50. The third-order valence-corrected chi connectivity index (χ3v) is 6.62. The summed E-state index contributed by atoms with van der Waals surface area (Å²) in [5.74, 6) is -0.163. The molecule has 4 rings (SSSR count). The number of nitrogens with zero attached hydrogens (tertiary/aromatic N) is 1. The van der Waals surface area contributed by atoms with E-state index >= 15 is 0 Å². The molecule has 33 heavy (non-hydrogen) atoms. The predicted molar refractivity (Wildman–Crippen MR) is 135 cm³/mol. The summed E-state index contributed by atoms with van der Waals surface area (Å²) in [6.07, 6.45) is 8.13. The Morgan fingerprint density at radius 2 is 1.94 bits per heavy atom. The van der Waals surface area contributed by atoms with Crippen LogP contribution in [-0.4, -0.2) is 30.4 Å². The van der Waals surface area contributed by atoms with Crippen LogP contribution in [0.2, 0.25) is 5.02 Å². The Bertz CT molecular complexity index is 1140. The van der Waals surface area contributed by atoms with E-state index < -0.39 is 0 Å². The molecule has 1 N–H and O–H groups in total. The largest absolute Gasteiger partial charge is 0.374 e. The molecule has 0 spiro atoms. The lowest BCUT2D eigenvalue weighted by Gasteiger charge is -2.25. The number of thioether (sulfide) groups is 1. The van der Waals surface area contributed by atoms with Gasteiger partial charge in [0, 0.05) is 12.1 Å². The van der Waals surface area contributed by atoms with Crippen LogP contribution in [0.4, 0.5) is 5.69 Å². The van der Waals surface area contributed by atoms with E-state index in [9.17, 15) is 4.79 Å². The van der Waals surface area contributed by atoms with E-state index in [1.54, 1.807) is 7.11 Å². The van der Waals surface area contributed by atoms with Crippen LogP contribution in [0.5, 0.6) is 0 Å². The van der Waals surface area contributed by atoms with Crippen LogP contribution in [0.1, 0.15) is 18.1 Å². The summed E-state index contributed by atoms with van der Waals surface area (Å²) < 4.78 is 11.6. The van der Waals surface area contributed by atoms with Gasteiger partial charge in [-0.3, -0.25) is 4.79 Å². The molecular formula is C26H25ClN2O3S. The fraction of sp³-hybridized carbons (Fsp3) is 0.231. The van der Waals surface area contributed by atoms with Gasteiger partial charge in [0.1, 0.15) is 12.2 Å². The predicted octanol–water partition coefficient (Wildman–Crippen LogP) is 5.73. The first-order chi connectivity index (χ1) is 16.1. The smallest absolute Gasteiger partial charge is 0.264 e. The zero-order valence-corrected chi connectivity index (χ0v) is 20.0. The monoisotopic (exact) mass is 480 g/mol. The standard InChI is InChI=1S/C26H25ClN2O3S/c1-3-17-8-11-20(12-9-17)28-26-29-25(30)24(33-26)15-18-10-13-22(23(14-18)31-2)32-16-19-6-4-5-7-21(19)27/h4-15,22-23H,3,16H2,1-2H3,(H,28,29,30)/b24-15-/t22-,23+/m1/s1. The highest BCUT2D eigenvalue weighted by Crippen LogP contribution is 2.29. The Morgan fingerprint density at radius 1 is 1.15 bits per heavy atom. The molecule has 2 aromatic carbocycles. The van der Waals surface area contributed by atoms with E-state index in [2.05, 4.69) is 17.2 Å². The van der Waals surface area contributed by atoms with E-state index in [1.807, 2.05) is 72.8 Å². The average Bonchev–Trinajstić information content (AvgIpc) is 3.17. The number of rotatable bonds is 7. The van der Waals surface area contributed by atoms with Gasteiger partial charge in [-0.2, -0.15) is 0 Å². The molecule has 1 aliphatic heterocycles. The van der Waals surface area contributed by atoms with Gasteiger partial charge in [-0.05, 0) is 65.2 Å². The second kappa shape index (κ2) is 11.0. The first-order valence-electron chi connectivity index (χ1n) is 10.7. The molecule has 0 radical (unpaired) electrons. The second-order valence-electron chi connectivity index (χ2n) is 7.59. The number of benzene rings is 2. The lowest BCUT2D eigenvalue weighted by Crippen LogP contribution is -2.29. The Hall–Kier alpha value is -2.64. The molecule has 0 unspecified atom stereocenters. The minimum absolute atomic E-state index is 0.163. The molecule has 170 valence electrons. The number of hydrogen-bond acceptors (Lipinski definition) is 5. The summed E-state index contributed by atoms with van der Waals surface area (Å²) in [7, 11) is 1.64. The molecule has 7 heteroatoms. The van der Waals surface area contributed by atoms with Crippen LogP contribution in [0.15, 0.2) is 88.3 Å². The second-order valence-corrected chi connectivity index (χ2v) is 9.03. The van der Waals surface area contributed by atoms with Crippen molar-refractivity contribution in [3.63, 3.8) is 0 Å². The van der Waals surface area contributed by atoms with Crippen LogP contribution in [0.25, 0.3) is 0 Å². The number of aryl methyl sites for hydroxylation is 1. The zero-order valence-electron chi connectivity index (χ0n) is 18.5. The minimum atomic E-state index is -0.274. The average molecular weight is 481 g/mol. The number of allylic oxidation sites excluding steroid dienone is 3. The molecule has 2 aromatic rings. The van der Waals surface area contributed by atoms with Gasteiger partial charge < -0.3 is 14.8 Å². The highest BCUT2D eigenvalue weighted by atomic mass is 35.5. The molecule has 0 aromatic heterocycles. The molecule has 1 amide bonds. The number of carbonyl (C=O) groups excluding carboxylic acids is 1. The molecule has 1 aliphatic carbocycles. The maximum atomic E-state index is 12.5. The van der Waals surface area contributed by atoms with Crippen molar-refractivity contribution in [1.29, 1.82) is 0 Å². The van der Waals surface area contributed by atoms with Crippen LogP contribution in [0.3, 0.4) is 0 Å². The van der Waals surface area contributed by atoms with E-state index in [0.29, 0.717) is 21.7 Å². The van der Waals surface area contributed by atoms with Crippen molar-refractivity contribution in [2.45, 2.75) is 32.2 Å². The van der Waals surface area contributed by atoms with Gasteiger partial charge in [-0.1, -0.05) is 61.0 Å². The highest BCUT2D eigenvalue weighted by molar-refractivity contribution is 8.18. The number of halogens is 1. The number of nitrogens with one attached hydrogen (secondary N) is 1. The maximum Gasteiger partial charge on any atom is 0.264 e. The Balaban J connectivity index is 1.42. The summed E-state index contributed by atoms with van der Waals surface area (Å²) in [4.78, 5) is 17.6. The number of aliphatic imine (C=N–C) groups is 1. The van der Waals surface area contributed by atoms with Crippen LogP contribution >= 0.6 is 23.4 Å². The van der Waals surface area contributed by atoms with E-state index in [-0.39, 0.29) is 18.1 Å². The Kier molecular flexibility index (Phi) is 7.83. The van der Waals surface area contributed by atoms with Crippen molar-refractivity contribution >= 4 is 40.1 Å². The fourth-order valence-corrected chi connectivity index (χ4v) is 4.49. The van der Waals surface area contributed by atoms with Crippen molar-refractivity contribution in [3.8, 4) is 0 Å². The summed E-state index contributed by atoms with van der Waals surface area (Å²) >= 11 is 7.55. The number of methoxy groups -OCH3 is 1. The number of amides is 1. The summed E-state index contributed by atoms with van der Waals surface area (Å²) in [6, 6.07) is 15.6. The topological polar surface area (TPSA) is 59.9 Å². The van der Waals surface area contributed by atoms with Gasteiger partial charge in [0.15, 0.2) is 5.17 Å². The lowest BCUT2D eigenvalue weighted by atomic mass is 10.0. The summed E-state index contributed by atoms with van der Waals surface area (Å²) in [5, 5.41) is 4.08. The van der Waals surface area contributed by atoms with Crippen LogP contribution in [0, 0.1) is 0 Å². The van der Waals surface area contributed by atoms with Crippen molar-refractivity contribution in [1.82, 2.24) is 5.32 Å². The van der Waals surface area contributed by atoms with E-state index in [0.717, 1.165) is 23.2 Å². The third-order valence-electron chi connectivity index (χ3n) is 5.34. The van der Waals surface area contributed by atoms with Gasteiger partial charge in [-0.25, -0.2) is 4.99 Å². The van der Waals surface area contributed by atoms with E-state index in [4.69, 9.17) is 21.1 Å². The highest BCUT2D eigenvalue weighted by Gasteiger charge is 2.26. The molecule has 2 atom stereocenters. The van der Waals surface area contributed by atoms with Gasteiger partial charge in [0.05, 0.1) is 17.2 Å². The van der Waals surface area contributed by atoms with Crippen molar-refractivity contribution in [2.75, 3.05) is 7.11 Å². The number of amidine groups is 1. The molecule has 1 saturated heterocycles. The maximum absolute atomic E-state index is 12.5. The molecule has 5 nitrogen and oxygen atoms in total. The molecule has 1 fully saturated rings. The minimum Gasteiger partial charge on any atom is -0.374 e.